The van der Waals surface area contributed by atoms with Crippen molar-refractivity contribution in [3.05, 3.63) is 45.6 Å². The van der Waals surface area contributed by atoms with Crippen molar-refractivity contribution in [2.24, 2.45) is 5.84 Å². The molecule has 0 fully saturated rings. The molecule has 4 nitrogen and oxygen atoms in total. The predicted molar refractivity (Wildman–Crippen MR) is 77.8 cm³/mol. The summed E-state index contributed by atoms with van der Waals surface area (Å²) in [5, 5.41) is 2.10. The van der Waals surface area contributed by atoms with Crippen molar-refractivity contribution in [3.8, 4) is 11.5 Å². The number of hydrogen-bond acceptors (Lipinski definition) is 5. The zero-order chi connectivity index (χ0) is 13.8. The van der Waals surface area contributed by atoms with Crippen LogP contribution >= 0.6 is 11.3 Å². The standard InChI is InChI=1S/C14H18N2O2S/c1-9-6-10(8-19-9)14(16-15)12-7-11(17-2)4-5-13(12)18-3/h4-8,14,16H,15H2,1-3H3. The van der Waals surface area contributed by atoms with Gasteiger partial charge in [0.05, 0.1) is 20.3 Å². The van der Waals surface area contributed by atoms with E-state index in [0.717, 1.165) is 22.6 Å². The third-order valence-electron chi connectivity index (χ3n) is 3.00. The van der Waals surface area contributed by atoms with Gasteiger partial charge in [0, 0.05) is 10.4 Å². The Morgan fingerprint density at radius 1 is 1.21 bits per heavy atom. The third kappa shape index (κ3) is 2.89. The molecule has 0 saturated carbocycles. The van der Waals surface area contributed by atoms with E-state index in [2.05, 4.69) is 23.8 Å². The average Bonchev–Trinajstić information content (AvgIpc) is 2.86. The number of nitrogens with one attached hydrogen (secondary N) is 1. The molecule has 0 bridgehead atoms. The predicted octanol–water partition coefficient (Wildman–Crippen LogP) is 2.63. The molecule has 2 aromatic rings. The highest BCUT2D eigenvalue weighted by atomic mass is 32.1. The molecule has 0 spiro atoms. The maximum atomic E-state index is 5.72. The molecule has 2 rings (SSSR count). The van der Waals surface area contributed by atoms with Crippen molar-refractivity contribution in [3.63, 3.8) is 0 Å². The fourth-order valence-electron chi connectivity index (χ4n) is 2.05. The van der Waals surface area contributed by atoms with Crippen LogP contribution in [0, 0.1) is 6.92 Å². The second kappa shape index (κ2) is 6.06. The summed E-state index contributed by atoms with van der Waals surface area (Å²) in [6.45, 7) is 2.07. The van der Waals surface area contributed by atoms with Gasteiger partial charge in [-0.15, -0.1) is 11.3 Å². The zero-order valence-corrected chi connectivity index (χ0v) is 12.1. The first-order chi connectivity index (χ1) is 9.19. The van der Waals surface area contributed by atoms with Gasteiger partial charge in [0.15, 0.2) is 0 Å². The van der Waals surface area contributed by atoms with Gasteiger partial charge in [0.1, 0.15) is 11.5 Å². The SMILES string of the molecule is COc1ccc(OC)c(C(NN)c2csc(C)c2)c1. The van der Waals surface area contributed by atoms with Crippen LogP contribution in [0.25, 0.3) is 0 Å². The van der Waals surface area contributed by atoms with Gasteiger partial charge < -0.3 is 9.47 Å². The van der Waals surface area contributed by atoms with Crippen LogP contribution in [0.2, 0.25) is 0 Å². The van der Waals surface area contributed by atoms with E-state index in [-0.39, 0.29) is 6.04 Å². The Bertz CT molecular complexity index is 554. The lowest BCUT2D eigenvalue weighted by Crippen LogP contribution is -2.28. The second-order valence-electron chi connectivity index (χ2n) is 4.20. The number of thiophene rings is 1. The highest BCUT2D eigenvalue weighted by Gasteiger charge is 2.18. The molecular formula is C14H18N2O2S. The van der Waals surface area contributed by atoms with E-state index in [0.29, 0.717) is 0 Å². The topological polar surface area (TPSA) is 56.5 Å². The van der Waals surface area contributed by atoms with Gasteiger partial charge in [-0.25, -0.2) is 5.43 Å². The molecule has 0 aliphatic rings. The van der Waals surface area contributed by atoms with E-state index >= 15 is 0 Å². The smallest absolute Gasteiger partial charge is 0.124 e. The number of rotatable bonds is 5. The molecule has 1 aromatic heterocycles. The van der Waals surface area contributed by atoms with Gasteiger partial charge in [-0.3, -0.25) is 5.84 Å². The van der Waals surface area contributed by atoms with Crippen molar-refractivity contribution >= 4 is 11.3 Å². The number of ether oxygens (including phenoxy) is 2. The van der Waals surface area contributed by atoms with Crippen LogP contribution in [-0.2, 0) is 0 Å². The molecule has 1 heterocycles. The van der Waals surface area contributed by atoms with Crippen LogP contribution < -0.4 is 20.7 Å². The lowest BCUT2D eigenvalue weighted by Gasteiger charge is -2.19. The van der Waals surface area contributed by atoms with Gasteiger partial charge in [-0.1, -0.05) is 0 Å². The normalized spacial score (nSPS) is 12.2. The quantitative estimate of drug-likeness (QED) is 0.652. The Labute approximate surface area is 117 Å². The summed E-state index contributed by atoms with van der Waals surface area (Å²) in [6.07, 6.45) is 0. The third-order valence-corrected chi connectivity index (χ3v) is 3.88. The highest BCUT2D eigenvalue weighted by Crippen LogP contribution is 2.34. The zero-order valence-electron chi connectivity index (χ0n) is 11.3. The first-order valence-electron chi connectivity index (χ1n) is 5.92. The van der Waals surface area contributed by atoms with Crippen LogP contribution in [0.5, 0.6) is 11.5 Å². The summed E-state index contributed by atoms with van der Waals surface area (Å²) in [5.74, 6) is 7.28. The van der Waals surface area contributed by atoms with Crippen LogP contribution in [0.15, 0.2) is 29.6 Å². The average molecular weight is 278 g/mol. The molecule has 3 N–H and O–H groups in total. The number of hydrogen-bond donors (Lipinski definition) is 2. The number of aryl methyl sites for hydroxylation is 1. The number of methoxy groups -OCH3 is 2. The van der Waals surface area contributed by atoms with E-state index in [1.54, 1.807) is 25.6 Å². The van der Waals surface area contributed by atoms with Gasteiger partial charge in [0.25, 0.3) is 0 Å². The van der Waals surface area contributed by atoms with Crippen molar-refractivity contribution in [2.45, 2.75) is 13.0 Å². The lowest BCUT2D eigenvalue weighted by molar-refractivity contribution is 0.394. The number of hydrazine groups is 1. The Hall–Kier alpha value is -1.56. The largest absolute Gasteiger partial charge is 0.497 e. The molecule has 1 unspecified atom stereocenters. The van der Waals surface area contributed by atoms with Gasteiger partial charge >= 0.3 is 0 Å². The molecule has 19 heavy (non-hydrogen) atoms. The molecule has 1 aromatic carbocycles. The van der Waals surface area contributed by atoms with Gasteiger partial charge in [-0.2, -0.15) is 0 Å². The summed E-state index contributed by atoms with van der Waals surface area (Å²) in [4.78, 5) is 1.25. The minimum atomic E-state index is -0.116. The summed E-state index contributed by atoms with van der Waals surface area (Å²) in [5.41, 5.74) is 4.93. The highest BCUT2D eigenvalue weighted by molar-refractivity contribution is 7.10. The minimum Gasteiger partial charge on any atom is -0.497 e. The Balaban J connectivity index is 2.47. The maximum absolute atomic E-state index is 5.72. The number of benzene rings is 1. The fraction of sp³-hybridized carbons (Fsp3) is 0.286. The van der Waals surface area contributed by atoms with Crippen LogP contribution in [0.4, 0.5) is 0 Å². The summed E-state index contributed by atoms with van der Waals surface area (Å²) >= 11 is 1.70. The van der Waals surface area contributed by atoms with E-state index in [4.69, 9.17) is 15.3 Å². The van der Waals surface area contributed by atoms with E-state index in [1.807, 2.05) is 18.2 Å². The summed E-state index contributed by atoms with van der Waals surface area (Å²) in [6, 6.07) is 7.70. The molecule has 0 amide bonds. The Kier molecular flexibility index (Phi) is 4.42. The molecule has 102 valence electrons. The number of nitrogens with two attached hydrogens (primary N) is 1. The molecule has 0 aliphatic carbocycles. The van der Waals surface area contributed by atoms with Crippen LogP contribution in [0.1, 0.15) is 22.0 Å². The van der Waals surface area contributed by atoms with Crippen LogP contribution in [-0.4, -0.2) is 14.2 Å². The summed E-state index contributed by atoms with van der Waals surface area (Å²) in [7, 11) is 3.29. The first kappa shape index (κ1) is 13.9. The fourth-order valence-corrected chi connectivity index (χ4v) is 2.78. The van der Waals surface area contributed by atoms with Crippen LogP contribution in [0.3, 0.4) is 0 Å². The molecule has 0 radical (unpaired) electrons. The van der Waals surface area contributed by atoms with E-state index in [9.17, 15) is 0 Å². The lowest BCUT2D eigenvalue weighted by atomic mass is 10.00. The Morgan fingerprint density at radius 3 is 2.53 bits per heavy atom. The monoisotopic (exact) mass is 278 g/mol. The van der Waals surface area contributed by atoms with Crippen molar-refractivity contribution < 1.29 is 9.47 Å². The Morgan fingerprint density at radius 2 is 2.00 bits per heavy atom. The molecule has 0 saturated heterocycles. The van der Waals surface area contributed by atoms with Crippen molar-refractivity contribution in [2.75, 3.05) is 14.2 Å². The molecule has 0 aliphatic heterocycles. The van der Waals surface area contributed by atoms with Crippen molar-refractivity contribution in [1.29, 1.82) is 0 Å². The molecule has 5 heteroatoms. The minimum absolute atomic E-state index is 0.116. The van der Waals surface area contributed by atoms with Crippen molar-refractivity contribution in [1.82, 2.24) is 5.43 Å². The second-order valence-corrected chi connectivity index (χ2v) is 5.31. The van der Waals surface area contributed by atoms with Gasteiger partial charge in [0.2, 0.25) is 0 Å². The summed E-state index contributed by atoms with van der Waals surface area (Å²) < 4.78 is 10.7. The maximum Gasteiger partial charge on any atom is 0.124 e. The van der Waals surface area contributed by atoms with Gasteiger partial charge in [-0.05, 0) is 42.1 Å². The first-order valence-corrected chi connectivity index (χ1v) is 6.80. The molecular weight excluding hydrogens is 260 g/mol. The van der Waals surface area contributed by atoms with E-state index < -0.39 is 0 Å². The van der Waals surface area contributed by atoms with E-state index in [1.165, 1.54) is 4.88 Å². The molecule has 1 atom stereocenters.